The summed E-state index contributed by atoms with van der Waals surface area (Å²) in [6.45, 7) is 5.64. The molecule has 0 aliphatic carbocycles. The molecule has 0 bridgehead atoms. The second-order valence-electron chi connectivity index (χ2n) is 4.50. The van der Waals surface area contributed by atoms with Crippen molar-refractivity contribution >= 4 is 11.8 Å². The van der Waals surface area contributed by atoms with Gasteiger partial charge in [0.25, 0.3) is 0 Å². The molecule has 4 heteroatoms. The molecule has 90 valence electrons. The molecule has 1 atom stereocenters. The monoisotopic (exact) mass is 243 g/mol. The Kier molecular flexibility index (Phi) is 4.59. The molecule has 0 heterocycles. The van der Waals surface area contributed by atoms with E-state index >= 15 is 0 Å². The van der Waals surface area contributed by atoms with Crippen LogP contribution in [0.25, 0.3) is 0 Å². The lowest BCUT2D eigenvalue weighted by Crippen LogP contribution is -2.27. The standard InChI is InChI=1S/C12H18ClNO2/c1-9(14-13)10-5-4-6-11(7-10)16-8-12(2,3)15/h4-7,9,14-15H,8H2,1-3H3/t9-/m1/s1. The molecule has 0 fully saturated rings. The number of hydrogen-bond donors (Lipinski definition) is 2. The van der Waals surface area contributed by atoms with Crippen molar-refractivity contribution in [2.75, 3.05) is 6.61 Å². The number of benzene rings is 1. The number of ether oxygens (including phenoxy) is 1. The maximum atomic E-state index is 9.55. The normalized spacial score (nSPS) is 13.6. The Balaban J connectivity index is 2.68. The molecule has 0 saturated heterocycles. The number of nitrogens with one attached hydrogen (secondary N) is 1. The van der Waals surface area contributed by atoms with Crippen molar-refractivity contribution in [2.24, 2.45) is 0 Å². The second kappa shape index (κ2) is 5.53. The Hall–Kier alpha value is -0.770. The maximum absolute atomic E-state index is 9.55. The zero-order chi connectivity index (χ0) is 12.2. The van der Waals surface area contributed by atoms with Crippen molar-refractivity contribution < 1.29 is 9.84 Å². The van der Waals surface area contributed by atoms with Crippen LogP contribution >= 0.6 is 11.8 Å². The van der Waals surface area contributed by atoms with E-state index < -0.39 is 5.60 Å². The third-order valence-corrected chi connectivity index (χ3v) is 2.44. The van der Waals surface area contributed by atoms with E-state index in [0.29, 0.717) is 0 Å². The summed E-state index contributed by atoms with van der Waals surface area (Å²) >= 11 is 5.56. The van der Waals surface area contributed by atoms with E-state index in [1.54, 1.807) is 13.8 Å². The fourth-order valence-corrected chi connectivity index (χ4v) is 1.32. The van der Waals surface area contributed by atoms with Gasteiger partial charge in [-0.2, -0.15) is 0 Å². The predicted octanol–water partition coefficient (Wildman–Crippen LogP) is 2.64. The molecule has 3 nitrogen and oxygen atoms in total. The molecule has 0 unspecified atom stereocenters. The first-order valence-electron chi connectivity index (χ1n) is 5.24. The highest BCUT2D eigenvalue weighted by molar-refractivity contribution is 6.13. The maximum Gasteiger partial charge on any atom is 0.119 e. The van der Waals surface area contributed by atoms with Crippen LogP contribution in [0.15, 0.2) is 24.3 Å². The van der Waals surface area contributed by atoms with Gasteiger partial charge in [-0.1, -0.05) is 12.1 Å². The van der Waals surface area contributed by atoms with Crippen LogP contribution in [0, 0.1) is 0 Å². The van der Waals surface area contributed by atoms with Crippen LogP contribution in [0.5, 0.6) is 5.75 Å². The van der Waals surface area contributed by atoms with Gasteiger partial charge in [-0.3, -0.25) is 0 Å². The first kappa shape index (κ1) is 13.3. The van der Waals surface area contributed by atoms with Gasteiger partial charge in [0.1, 0.15) is 12.4 Å². The number of halogens is 1. The summed E-state index contributed by atoms with van der Waals surface area (Å²) in [5.74, 6) is 0.735. The second-order valence-corrected chi connectivity index (χ2v) is 4.72. The van der Waals surface area contributed by atoms with Crippen LogP contribution in [0.3, 0.4) is 0 Å². The van der Waals surface area contributed by atoms with Crippen LogP contribution in [-0.2, 0) is 0 Å². The molecule has 1 aromatic carbocycles. The molecule has 1 aromatic rings. The number of hydrogen-bond acceptors (Lipinski definition) is 3. The van der Waals surface area contributed by atoms with Gasteiger partial charge in [0.2, 0.25) is 0 Å². The zero-order valence-corrected chi connectivity index (χ0v) is 10.6. The lowest BCUT2D eigenvalue weighted by Gasteiger charge is -2.18. The summed E-state index contributed by atoms with van der Waals surface area (Å²) in [6, 6.07) is 7.70. The minimum atomic E-state index is -0.827. The van der Waals surface area contributed by atoms with Gasteiger partial charge in [-0.15, -0.1) is 0 Å². The van der Waals surface area contributed by atoms with Crippen LogP contribution in [-0.4, -0.2) is 17.3 Å². The van der Waals surface area contributed by atoms with E-state index in [1.807, 2.05) is 31.2 Å². The minimum Gasteiger partial charge on any atom is -0.491 e. The summed E-state index contributed by atoms with van der Waals surface area (Å²) in [5, 5.41) is 9.55. The van der Waals surface area contributed by atoms with E-state index in [2.05, 4.69) is 4.84 Å². The van der Waals surface area contributed by atoms with Crippen LogP contribution in [0.4, 0.5) is 0 Å². The lowest BCUT2D eigenvalue weighted by atomic mass is 10.1. The van der Waals surface area contributed by atoms with Crippen molar-refractivity contribution in [1.82, 2.24) is 4.84 Å². The van der Waals surface area contributed by atoms with Crippen molar-refractivity contribution in [2.45, 2.75) is 32.4 Å². The van der Waals surface area contributed by atoms with E-state index in [4.69, 9.17) is 16.5 Å². The molecule has 0 radical (unpaired) electrons. The van der Waals surface area contributed by atoms with E-state index in [0.717, 1.165) is 11.3 Å². The Labute approximate surface area is 101 Å². The third kappa shape index (κ3) is 4.39. The predicted molar refractivity (Wildman–Crippen MR) is 65.6 cm³/mol. The SMILES string of the molecule is C[C@@H](NCl)c1cccc(OCC(C)(C)O)c1. The summed E-state index contributed by atoms with van der Waals surface area (Å²) in [4.78, 5) is 2.65. The van der Waals surface area contributed by atoms with E-state index in [9.17, 15) is 5.11 Å². The zero-order valence-electron chi connectivity index (χ0n) is 9.83. The van der Waals surface area contributed by atoms with Crippen LogP contribution < -0.4 is 9.57 Å². The van der Waals surface area contributed by atoms with Crippen LogP contribution in [0.1, 0.15) is 32.4 Å². The molecule has 0 spiro atoms. The largest absolute Gasteiger partial charge is 0.491 e. The molecule has 0 aliphatic rings. The molecular weight excluding hydrogens is 226 g/mol. The fraction of sp³-hybridized carbons (Fsp3) is 0.500. The van der Waals surface area contributed by atoms with E-state index in [-0.39, 0.29) is 12.6 Å². The summed E-state index contributed by atoms with van der Waals surface area (Å²) < 4.78 is 5.48. The summed E-state index contributed by atoms with van der Waals surface area (Å²) in [6.07, 6.45) is 0. The average molecular weight is 244 g/mol. The Bertz CT molecular complexity index is 336. The molecule has 2 N–H and O–H groups in total. The molecule has 1 rings (SSSR count). The number of aliphatic hydroxyl groups is 1. The fourth-order valence-electron chi connectivity index (χ4n) is 1.20. The van der Waals surface area contributed by atoms with Gasteiger partial charge in [0.05, 0.1) is 5.60 Å². The highest BCUT2D eigenvalue weighted by atomic mass is 35.5. The molecule has 0 aromatic heterocycles. The molecule has 16 heavy (non-hydrogen) atoms. The molecule has 0 saturated carbocycles. The topological polar surface area (TPSA) is 41.5 Å². The number of rotatable bonds is 5. The van der Waals surface area contributed by atoms with Gasteiger partial charge >= 0.3 is 0 Å². The Morgan fingerprint density at radius 3 is 2.75 bits per heavy atom. The molecule has 0 aliphatic heterocycles. The van der Waals surface area contributed by atoms with Gasteiger partial charge in [0.15, 0.2) is 0 Å². The lowest BCUT2D eigenvalue weighted by molar-refractivity contribution is 0.0284. The van der Waals surface area contributed by atoms with Gasteiger partial charge in [0, 0.05) is 6.04 Å². The molecule has 0 amide bonds. The third-order valence-electron chi connectivity index (χ3n) is 2.11. The van der Waals surface area contributed by atoms with Crippen molar-refractivity contribution in [3.05, 3.63) is 29.8 Å². The Morgan fingerprint density at radius 1 is 1.50 bits per heavy atom. The Morgan fingerprint density at radius 2 is 2.19 bits per heavy atom. The smallest absolute Gasteiger partial charge is 0.119 e. The summed E-state index contributed by atoms with van der Waals surface area (Å²) in [5.41, 5.74) is 0.218. The average Bonchev–Trinajstić information content (AvgIpc) is 2.25. The minimum absolute atomic E-state index is 0.0624. The van der Waals surface area contributed by atoms with Gasteiger partial charge in [-0.25, -0.2) is 4.84 Å². The van der Waals surface area contributed by atoms with Crippen molar-refractivity contribution in [3.8, 4) is 5.75 Å². The van der Waals surface area contributed by atoms with Gasteiger partial charge < -0.3 is 9.84 Å². The van der Waals surface area contributed by atoms with Crippen molar-refractivity contribution in [1.29, 1.82) is 0 Å². The van der Waals surface area contributed by atoms with Crippen molar-refractivity contribution in [3.63, 3.8) is 0 Å². The summed E-state index contributed by atoms with van der Waals surface area (Å²) in [7, 11) is 0. The highest BCUT2D eigenvalue weighted by Gasteiger charge is 2.13. The van der Waals surface area contributed by atoms with Crippen LogP contribution in [0.2, 0.25) is 0 Å². The molecular formula is C12H18ClNO2. The highest BCUT2D eigenvalue weighted by Crippen LogP contribution is 2.20. The van der Waals surface area contributed by atoms with E-state index in [1.165, 1.54) is 0 Å². The first-order valence-corrected chi connectivity index (χ1v) is 5.61. The quantitative estimate of drug-likeness (QED) is 0.782. The first-order chi connectivity index (χ1) is 7.42. The van der Waals surface area contributed by atoms with Gasteiger partial charge in [-0.05, 0) is 50.2 Å².